The van der Waals surface area contributed by atoms with E-state index in [1.54, 1.807) is 6.26 Å². The second kappa shape index (κ2) is 6.57. The Morgan fingerprint density at radius 2 is 2.26 bits per heavy atom. The third-order valence-electron chi connectivity index (χ3n) is 3.31. The molecule has 0 spiro atoms. The van der Waals surface area contributed by atoms with Gasteiger partial charge in [-0.3, -0.25) is 4.68 Å². The number of rotatable bonds is 7. The summed E-state index contributed by atoms with van der Waals surface area (Å²) >= 11 is 0. The second-order valence-electron chi connectivity index (χ2n) is 4.88. The molecule has 0 saturated carbocycles. The SMILES string of the molecule is CCCNC(Cc1cnn(CC)c1)c1occc1C. The molecular formula is C15H23N3O. The molecule has 4 nitrogen and oxygen atoms in total. The Bertz CT molecular complexity index is 501. The predicted octanol–water partition coefficient (Wildman–Crippen LogP) is 3.09. The van der Waals surface area contributed by atoms with Gasteiger partial charge in [0.2, 0.25) is 0 Å². The van der Waals surface area contributed by atoms with Gasteiger partial charge in [-0.2, -0.15) is 5.10 Å². The maximum atomic E-state index is 5.64. The normalized spacial score (nSPS) is 12.8. The van der Waals surface area contributed by atoms with E-state index in [2.05, 4.69) is 37.4 Å². The van der Waals surface area contributed by atoms with E-state index < -0.39 is 0 Å². The number of hydrogen-bond donors (Lipinski definition) is 1. The smallest absolute Gasteiger partial charge is 0.123 e. The average Bonchev–Trinajstić information content (AvgIpc) is 3.03. The van der Waals surface area contributed by atoms with Crippen LogP contribution in [0.5, 0.6) is 0 Å². The zero-order valence-corrected chi connectivity index (χ0v) is 12.0. The Kier molecular flexibility index (Phi) is 4.80. The van der Waals surface area contributed by atoms with E-state index in [9.17, 15) is 0 Å². The molecule has 0 amide bonds. The highest BCUT2D eigenvalue weighted by Gasteiger charge is 2.17. The number of nitrogens with one attached hydrogen (secondary N) is 1. The molecule has 0 aliphatic rings. The molecule has 4 heteroatoms. The first-order valence-electron chi connectivity index (χ1n) is 7.03. The lowest BCUT2D eigenvalue weighted by molar-refractivity contribution is 0.408. The molecule has 0 aromatic carbocycles. The molecule has 1 N–H and O–H groups in total. The number of nitrogens with zero attached hydrogens (tertiary/aromatic N) is 2. The summed E-state index contributed by atoms with van der Waals surface area (Å²) in [6.07, 6.45) is 7.85. The van der Waals surface area contributed by atoms with Gasteiger partial charge >= 0.3 is 0 Å². The Morgan fingerprint density at radius 1 is 1.42 bits per heavy atom. The van der Waals surface area contributed by atoms with Gasteiger partial charge in [-0.25, -0.2) is 0 Å². The van der Waals surface area contributed by atoms with Crippen molar-refractivity contribution in [3.05, 3.63) is 41.6 Å². The highest BCUT2D eigenvalue weighted by molar-refractivity contribution is 5.21. The standard InChI is InChI=1S/C15H23N3O/c1-4-7-16-14(15-12(3)6-8-19-15)9-13-10-17-18(5-2)11-13/h6,8,10-11,14,16H,4-5,7,9H2,1-3H3. The fourth-order valence-corrected chi connectivity index (χ4v) is 2.24. The van der Waals surface area contributed by atoms with E-state index in [1.807, 2.05) is 16.9 Å². The van der Waals surface area contributed by atoms with E-state index in [1.165, 1.54) is 11.1 Å². The largest absolute Gasteiger partial charge is 0.467 e. The first-order chi connectivity index (χ1) is 9.24. The number of aromatic nitrogens is 2. The molecule has 2 heterocycles. The van der Waals surface area contributed by atoms with E-state index in [-0.39, 0.29) is 6.04 Å². The number of aryl methyl sites for hydroxylation is 2. The van der Waals surface area contributed by atoms with Crippen LogP contribution < -0.4 is 5.32 Å². The minimum atomic E-state index is 0.226. The first-order valence-corrected chi connectivity index (χ1v) is 7.03. The summed E-state index contributed by atoms with van der Waals surface area (Å²) in [5, 5.41) is 7.89. The molecular weight excluding hydrogens is 238 g/mol. The van der Waals surface area contributed by atoms with Crippen LogP contribution in [0.1, 0.15) is 43.2 Å². The van der Waals surface area contributed by atoms with Crippen LogP contribution >= 0.6 is 0 Å². The summed E-state index contributed by atoms with van der Waals surface area (Å²) in [6, 6.07) is 2.25. The van der Waals surface area contributed by atoms with Crippen molar-refractivity contribution in [2.75, 3.05) is 6.54 Å². The van der Waals surface area contributed by atoms with Crippen molar-refractivity contribution in [3.8, 4) is 0 Å². The summed E-state index contributed by atoms with van der Waals surface area (Å²) in [6.45, 7) is 8.27. The monoisotopic (exact) mass is 261 g/mol. The lowest BCUT2D eigenvalue weighted by Crippen LogP contribution is -2.24. The van der Waals surface area contributed by atoms with E-state index >= 15 is 0 Å². The predicted molar refractivity (Wildman–Crippen MR) is 76.1 cm³/mol. The third kappa shape index (κ3) is 3.47. The van der Waals surface area contributed by atoms with Crippen LogP contribution in [0.4, 0.5) is 0 Å². The van der Waals surface area contributed by atoms with Crippen molar-refractivity contribution in [3.63, 3.8) is 0 Å². The molecule has 0 saturated heterocycles. The van der Waals surface area contributed by atoms with Gasteiger partial charge in [0, 0.05) is 12.7 Å². The number of hydrogen-bond acceptors (Lipinski definition) is 3. The van der Waals surface area contributed by atoms with Crippen LogP contribution in [0.25, 0.3) is 0 Å². The Morgan fingerprint density at radius 3 is 2.84 bits per heavy atom. The fourth-order valence-electron chi connectivity index (χ4n) is 2.24. The van der Waals surface area contributed by atoms with Crippen LogP contribution in [0.15, 0.2) is 29.1 Å². The molecule has 0 aliphatic heterocycles. The van der Waals surface area contributed by atoms with Crippen LogP contribution in [0.2, 0.25) is 0 Å². The highest BCUT2D eigenvalue weighted by atomic mass is 16.3. The van der Waals surface area contributed by atoms with Gasteiger partial charge in [0.05, 0.1) is 18.5 Å². The minimum Gasteiger partial charge on any atom is -0.467 e. The van der Waals surface area contributed by atoms with Gasteiger partial charge in [-0.1, -0.05) is 6.92 Å². The van der Waals surface area contributed by atoms with Gasteiger partial charge in [0.25, 0.3) is 0 Å². The van der Waals surface area contributed by atoms with E-state index in [0.717, 1.165) is 31.7 Å². The van der Waals surface area contributed by atoms with Crippen molar-refractivity contribution < 1.29 is 4.42 Å². The highest BCUT2D eigenvalue weighted by Crippen LogP contribution is 2.22. The first kappa shape index (κ1) is 13.9. The summed E-state index contributed by atoms with van der Waals surface area (Å²) in [5.74, 6) is 1.04. The zero-order chi connectivity index (χ0) is 13.7. The molecule has 2 rings (SSSR count). The quantitative estimate of drug-likeness (QED) is 0.833. The van der Waals surface area contributed by atoms with E-state index in [0.29, 0.717) is 0 Å². The van der Waals surface area contributed by atoms with Crippen LogP contribution in [0, 0.1) is 6.92 Å². The van der Waals surface area contributed by atoms with Crippen molar-refractivity contribution in [2.24, 2.45) is 0 Å². The molecule has 1 unspecified atom stereocenters. The molecule has 0 bridgehead atoms. The van der Waals surface area contributed by atoms with Gasteiger partial charge in [-0.05, 0) is 50.4 Å². The molecule has 0 fully saturated rings. The number of furan rings is 1. The summed E-state index contributed by atoms with van der Waals surface area (Å²) in [7, 11) is 0. The van der Waals surface area contributed by atoms with Gasteiger partial charge < -0.3 is 9.73 Å². The molecule has 2 aromatic rings. The molecule has 1 atom stereocenters. The van der Waals surface area contributed by atoms with Crippen LogP contribution in [-0.2, 0) is 13.0 Å². The summed E-state index contributed by atoms with van der Waals surface area (Å²) in [4.78, 5) is 0. The van der Waals surface area contributed by atoms with E-state index in [4.69, 9.17) is 4.42 Å². The summed E-state index contributed by atoms with van der Waals surface area (Å²) in [5.41, 5.74) is 2.45. The Hall–Kier alpha value is -1.55. The van der Waals surface area contributed by atoms with Crippen LogP contribution in [0.3, 0.4) is 0 Å². The van der Waals surface area contributed by atoms with Crippen molar-refractivity contribution in [2.45, 2.75) is 46.2 Å². The van der Waals surface area contributed by atoms with Crippen molar-refractivity contribution >= 4 is 0 Å². The molecule has 0 aliphatic carbocycles. The maximum Gasteiger partial charge on any atom is 0.123 e. The van der Waals surface area contributed by atoms with Gasteiger partial charge in [0.15, 0.2) is 0 Å². The maximum absolute atomic E-state index is 5.64. The minimum absolute atomic E-state index is 0.226. The second-order valence-corrected chi connectivity index (χ2v) is 4.88. The third-order valence-corrected chi connectivity index (χ3v) is 3.31. The summed E-state index contributed by atoms with van der Waals surface area (Å²) < 4.78 is 7.60. The van der Waals surface area contributed by atoms with Crippen LogP contribution in [-0.4, -0.2) is 16.3 Å². The van der Waals surface area contributed by atoms with Crippen molar-refractivity contribution in [1.29, 1.82) is 0 Å². The topological polar surface area (TPSA) is 43.0 Å². The van der Waals surface area contributed by atoms with Gasteiger partial charge in [0.1, 0.15) is 5.76 Å². The fraction of sp³-hybridized carbons (Fsp3) is 0.533. The Labute approximate surface area is 114 Å². The lowest BCUT2D eigenvalue weighted by Gasteiger charge is -2.16. The molecule has 19 heavy (non-hydrogen) atoms. The van der Waals surface area contributed by atoms with Crippen molar-refractivity contribution in [1.82, 2.24) is 15.1 Å². The average molecular weight is 261 g/mol. The lowest BCUT2D eigenvalue weighted by atomic mass is 10.0. The molecule has 2 aromatic heterocycles. The molecule has 104 valence electrons. The van der Waals surface area contributed by atoms with Gasteiger partial charge in [-0.15, -0.1) is 0 Å². The zero-order valence-electron chi connectivity index (χ0n) is 12.0. The molecule has 0 radical (unpaired) electrons. The Balaban J connectivity index is 2.11.